The lowest BCUT2D eigenvalue weighted by Crippen LogP contribution is -2.45. The van der Waals surface area contributed by atoms with Crippen molar-refractivity contribution in [1.29, 1.82) is 0 Å². The second-order valence-electron chi connectivity index (χ2n) is 8.47. The van der Waals surface area contributed by atoms with Gasteiger partial charge in [0.25, 0.3) is 5.91 Å². The first-order valence-electron chi connectivity index (χ1n) is 11.8. The summed E-state index contributed by atoms with van der Waals surface area (Å²) in [6.07, 6.45) is 0.904. The molecule has 6 nitrogen and oxygen atoms in total. The van der Waals surface area contributed by atoms with Gasteiger partial charge in [0.2, 0.25) is 0 Å². The largest absolute Gasteiger partial charge is 0.452 e. The summed E-state index contributed by atoms with van der Waals surface area (Å²) in [6.45, 7) is 6.67. The van der Waals surface area contributed by atoms with Crippen LogP contribution >= 0.6 is 0 Å². The quantitative estimate of drug-likeness (QED) is 0.509. The monoisotopic (exact) mass is 457 g/mol. The molecule has 0 spiro atoms. The number of benzene rings is 3. The van der Waals surface area contributed by atoms with E-state index >= 15 is 0 Å². The zero-order valence-electron chi connectivity index (χ0n) is 19.6. The highest BCUT2D eigenvalue weighted by molar-refractivity contribution is 5.95. The average Bonchev–Trinajstić information content (AvgIpc) is 2.89. The summed E-state index contributed by atoms with van der Waals surface area (Å²) in [5.41, 5.74) is 4.75. The van der Waals surface area contributed by atoms with Crippen molar-refractivity contribution in [1.82, 2.24) is 4.90 Å². The van der Waals surface area contributed by atoms with E-state index in [9.17, 15) is 9.59 Å². The molecule has 1 heterocycles. The SMILES string of the molecule is CCc1ccc(C(=O)OCC(=O)Nc2ccc(N3CCN(Cc4ccccc4)CC3)cc2)cc1. The number of amides is 1. The van der Waals surface area contributed by atoms with Gasteiger partial charge in [0.1, 0.15) is 0 Å². The molecule has 0 atom stereocenters. The Bertz CT molecular complexity index is 1070. The first-order valence-corrected chi connectivity index (χ1v) is 11.8. The van der Waals surface area contributed by atoms with Gasteiger partial charge in [0.05, 0.1) is 5.56 Å². The third-order valence-corrected chi connectivity index (χ3v) is 6.07. The molecule has 4 rings (SSSR count). The highest BCUT2D eigenvalue weighted by Crippen LogP contribution is 2.20. The van der Waals surface area contributed by atoms with Gasteiger partial charge >= 0.3 is 5.97 Å². The van der Waals surface area contributed by atoms with Crippen molar-refractivity contribution in [2.45, 2.75) is 19.9 Å². The number of piperazine rings is 1. The third kappa shape index (κ3) is 6.45. The van der Waals surface area contributed by atoms with Gasteiger partial charge in [-0.05, 0) is 53.9 Å². The number of esters is 1. The Hall–Kier alpha value is -3.64. The maximum absolute atomic E-state index is 12.2. The maximum atomic E-state index is 12.2. The fourth-order valence-corrected chi connectivity index (χ4v) is 4.05. The van der Waals surface area contributed by atoms with Gasteiger partial charge in [0, 0.05) is 44.1 Å². The first kappa shape index (κ1) is 23.5. The van der Waals surface area contributed by atoms with E-state index < -0.39 is 5.97 Å². The summed E-state index contributed by atoms with van der Waals surface area (Å²) < 4.78 is 5.14. The summed E-state index contributed by atoms with van der Waals surface area (Å²) in [5.74, 6) is -0.861. The minimum atomic E-state index is -0.500. The highest BCUT2D eigenvalue weighted by atomic mass is 16.5. The van der Waals surface area contributed by atoms with Crippen LogP contribution in [-0.2, 0) is 22.5 Å². The normalized spacial score (nSPS) is 14.0. The Kier molecular flexibility index (Phi) is 7.94. The molecule has 0 bridgehead atoms. The van der Waals surface area contributed by atoms with Gasteiger partial charge < -0.3 is 15.0 Å². The molecule has 1 aliphatic heterocycles. The summed E-state index contributed by atoms with van der Waals surface area (Å²) in [4.78, 5) is 29.2. The van der Waals surface area contributed by atoms with Gasteiger partial charge in [-0.15, -0.1) is 0 Å². The van der Waals surface area contributed by atoms with Crippen LogP contribution in [0, 0.1) is 0 Å². The van der Waals surface area contributed by atoms with Gasteiger partial charge in [-0.3, -0.25) is 9.69 Å². The third-order valence-electron chi connectivity index (χ3n) is 6.07. The van der Waals surface area contributed by atoms with Crippen molar-refractivity contribution in [3.8, 4) is 0 Å². The molecule has 1 aliphatic rings. The minimum absolute atomic E-state index is 0.320. The topological polar surface area (TPSA) is 61.9 Å². The Morgan fingerprint density at radius 3 is 2.15 bits per heavy atom. The molecule has 0 saturated carbocycles. The summed E-state index contributed by atoms with van der Waals surface area (Å²) in [5, 5.41) is 2.79. The van der Waals surface area contributed by atoms with Crippen molar-refractivity contribution in [2.75, 3.05) is 43.0 Å². The van der Waals surface area contributed by atoms with Crippen molar-refractivity contribution < 1.29 is 14.3 Å². The van der Waals surface area contributed by atoms with E-state index in [-0.39, 0.29) is 12.5 Å². The van der Waals surface area contributed by atoms with Crippen LogP contribution in [0.25, 0.3) is 0 Å². The molecule has 0 aliphatic carbocycles. The molecular weight excluding hydrogens is 426 g/mol. The Balaban J connectivity index is 1.21. The lowest BCUT2D eigenvalue weighted by Gasteiger charge is -2.36. The van der Waals surface area contributed by atoms with Crippen LogP contribution in [-0.4, -0.2) is 49.6 Å². The summed E-state index contributed by atoms with van der Waals surface area (Å²) in [7, 11) is 0. The molecule has 1 saturated heterocycles. The standard InChI is InChI=1S/C28H31N3O3/c1-2-22-8-10-24(11-9-22)28(33)34-21-27(32)29-25-12-14-26(15-13-25)31-18-16-30(17-19-31)20-23-6-4-3-5-7-23/h3-15H,2,16-21H2,1H3,(H,29,32). The minimum Gasteiger partial charge on any atom is -0.452 e. The maximum Gasteiger partial charge on any atom is 0.338 e. The van der Waals surface area contributed by atoms with E-state index in [2.05, 4.69) is 46.3 Å². The Morgan fingerprint density at radius 2 is 1.50 bits per heavy atom. The van der Waals surface area contributed by atoms with Crippen LogP contribution < -0.4 is 10.2 Å². The van der Waals surface area contributed by atoms with Gasteiger partial charge in [-0.2, -0.15) is 0 Å². The number of hydrogen-bond donors (Lipinski definition) is 1. The number of aryl methyl sites for hydroxylation is 1. The summed E-state index contributed by atoms with van der Waals surface area (Å²) in [6, 6.07) is 25.6. The van der Waals surface area contributed by atoms with Gasteiger partial charge in [-0.1, -0.05) is 49.4 Å². The van der Waals surface area contributed by atoms with Crippen molar-refractivity contribution >= 4 is 23.3 Å². The van der Waals surface area contributed by atoms with E-state index in [0.717, 1.165) is 50.4 Å². The molecule has 1 N–H and O–H groups in total. The average molecular weight is 458 g/mol. The zero-order chi connectivity index (χ0) is 23.8. The number of rotatable bonds is 8. The number of nitrogens with zero attached hydrogens (tertiary/aromatic N) is 2. The van der Waals surface area contributed by atoms with Crippen molar-refractivity contribution in [2.24, 2.45) is 0 Å². The number of carbonyl (C=O) groups excluding carboxylic acids is 2. The van der Waals surface area contributed by atoms with Crippen LogP contribution in [0.2, 0.25) is 0 Å². The number of ether oxygens (including phenoxy) is 1. The number of hydrogen-bond acceptors (Lipinski definition) is 5. The fourth-order valence-electron chi connectivity index (χ4n) is 4.05. The summed E-state index contributed by atoms with van der Waals surface area (Å²) >= 11 is 0. The fraction of sp³-hybridized carbons (Fsp3) is 0.286. The zero-order valence-corrected chi connectivity index (χ0v) is 19.6. The lowest BCUT2D eigenvalue weighted by atomic mass is 10.1. The smallest absolute Gasteiger partial charge is 0.338 e. The molecule has 1 amide bonds. The molecule has 3 aromatic rings. The van der Waals surface area contributed by atoms with E-state index in [0.29, 0.717) is 11.3 Å². The van der Waals surface area contributed by atoms with Gasteiger partial charge in [-0.25, -0.2) is 4.79 Å². The van der Waals surface area contributed by atoms with E-state index in [1.165, 1.54) is 5.56 Å². The van der Waals surface area contributed by atoms with E-state index in [1.807, 2.05) is 42.5 Å². The molecule has 1 fully saturated rings. The van der Waals surface area contributed by atoms with E-state index in [1.54, 1.807) is 12.1 Å². The van der Waals surface area contributed by atoms with Crippen molar-refractivity contribution in [3.63, 3.8) is 0 Å². The molecule has 0 radical (unpaired) electrons. The molecule has 0 unspecified atom stereocenters. The number of anilines is 2. The molecule has 176 valence electrons. The molecule has 6 heteroatoms. The number of nitrogens with one attached hydrogen (secondary N) is 1. The van der Waals surface area contributed by atoms with Crippen LogP contribution in [0.3, 0.4) is 0 Å². The Morgan fingerprint density at radius 1 is 0.824 bits per heavy atom. The molecule has 34 heavy (non-hydrogen) atoms. The van der Waals surface area contributed by atoms with Crippen LogP contribution in [0.15, 0.2) is 78.9 Å². The lowest BCUT2D eigenvalue weighted by molar-refractivity contribution is -0.119. The van der Waals surface area contributed by atoms with Crippen LogP contribution in [0.1, 0.15) is 28.4 Å². The van der Waals surface area contributed by atoms with Crippen LogP contribution in [0.4, 0.5) is 11.4 Å². The first-order chi connectivity index (χ1) is 16.6. The second kappa shape index (κ2) is 11.5. The number of carbonyl (C=O) groups is 2. The van der Waals surface area contributed by atoms with Crippen LogP contribution in [0.5, 0.6) is 0 Å². The van der Waals surface area contributed by atoms with Crippen molar-refractivity contribution in [3.05, 3.63) is 95.6 Å². The highest BCUT2D eigenvalue weighted by Gasteiger charge is 2.17. The molecule has 0 aromatic heterocycles. The Labute approximate surface area is 201 Å². The van der Waals surface area contributed by atoms with Gasteiger partial charge in [0.15, 0.2) is 6.61 Å². The second-order valence-corrected chi connectivity index (χ2v) is 8.47. The molecule has 3 aromatic carbocycles. The predicted octanol–water partition coefficient (Wildman–Crippen LogP) is 4.37. The predicted molar refractivity (Wildman–Crippen MR) is 135 cm³/mol. The van der Waals surface area contributed by atoms with E-state index in [4.69, 9.17) is 4.74 Å². The molecular formula is C28H31N3O3.